The van der Waals surface area contributed by atoms with E-state index in [9.17, 15) is 24.7 Å². The zero-order valence-corrected chi connectivity index (χ0v) is 15.1. The summed E-state index contributed by atoms with van der Waals surface area (Å²) in [6.45, 7) is 0.288. The first-order valence-electron chi connectivity index (χ1n) is 7.80. The Balaban J connectivity index is 2.15. The summed E-state index contributed by atoms with van der Waals surface area (Å²) in [7, 11) is 1.42. The minimum atomic E-state index is -1.02. The fraction of sp³-hybridized carbons (Fsp3) is 0.158. The van der Waals surface area contributed by atoms with Crippen molar-refractivity contribution in [3.05, 3.63) is 64.4 Å². The van der Waals surface area contributed by atoms with Gasteiger partial charge in [0.05, 0.1) is 17.1 Å². The molecule has 0 unspecified atom stereocenters. The number of aliphatic hydroxyl groups is 1. The Hall–Kier alpha value is -3.24. The molecule has 0 fully saturated rings. The van der Waals surface area contributed by atoms with Gasteiger partial charge in [-0.15, -0.1) is 0 Å². The maximum absolute atomic E-state index is 14.0. The van der Waals surface area contributed by atoms with E-state index in [1.165, 1.54) is 7.05 Å². The van der Waals surface area contributed by atoms with Crippen LogP contribution in [0.5, 0.6) is 11.5 Å². The predicted octanol–water partition coefficient (Wildman–Crippen LogP) is 3.51. The van der Waals surface area contributed by atoms with Crippen LogP contribution in [0.25, 0.3) is 5.76 Å². The van der Waals surface area contributed by atoms with Crippen LogP contribution in [0.15, 0.2) is 48.0 Å². The van der Waals surface area contributed by atoms with Gasteiger partial charge >= 0.3 is 0 Å². The van der Waals surface area contributed by atoms with E-state index < -0.39 is 34.4 Å². The lowest BCUT2D eigenvalue weighted by Crippen LogP contribution is -2.32. The number of aliphatic hydroxyl groups excluding tert-OH is 1. The normalized spacial score (nSPS) is 11.3. The molecule has 0 aromatic heterocycles. The van der Waals surface area contributed by atoms with Gasteiger partial charge in [-0.05, 0) is 18.2 Å². The number of rotatable bonds is 6. The fourth-order valence-electron chi connectivity index (χ4n) is 2.16. The number of likely N-dealkylation sites (N-methyl/N-ethyl adjacent to an activating group) is 1. The number of halogens is 2. The van der Waals surface area contributed by atoms with Crippen LogP contribution in [-0.2, 0) is 4.79 Å². The number of amides is 1. The van der Waals surface area contributed by atoms with Crippen LogP contribution < -0.4 is 4.74 Å². The van der Waals surface area contributed by atoms with Crippen molar-refractivity contribution in [1.29, 1.82) is 5.26 Å². The Kier molecular flexibility index (Phi) is 6.63. The van der Waals surface area contributed by atoms with Gasteiger partial charge in [-0.25, -0.2) is 4.39 Å². The molecule has 6 nitrogen and oxygen atoms in total. The highest BCUT2D eigenvalue weighted by molar-refractivity contribution is 6.32. The number of hydrogen-bond acceptors (Lipinski definition) is 5. The summed E-state index contributed by atoms with van der Waals surface area (Å²) >= 11 is 5.70. The third-order valence-electron chi connectivity index (χ3n) is 3.64. The molecule has 2 aromatic rings. The summed E-state index contributed by atoms with van der Waals surface area (Å²) in [5.41, 5.74) is -1.12. The molecule has 0 radical (unpaired) electrons. The highest BCUT2D eigenvalue weighted by atomic mass is 35.5. The minimum absolute atomic E-state index is 0.130. The van der Waals surface area contributed by atoms with Crippen molar-refractivity contribution in [3.63, 3.8) is 0 Å². The number of ether oxygens (including phenoxy) is 1. The molecule has 2 N–H and O–H groups in total. The summed E-state index contributed by atoms with van der Waals surface area (Å²) in [5, 5.41) is 28.6. The Morgan fingerprint density at radius 2 is 2.00 bits per heavy atom. The van der Waals surface area contributed by atoms with Crippen molar-refractivity contribution in [1.82, 2.24) is 4.90 Å². The van der Waals surface area contributed by atoms with Crippen molar-refractivity contribution in [2.75, 3.05) is 20.2 Å². The highest BCUT2D eigenvalue weighted by Crippen LogP contribution is 2.30. The molecule has 0 aliphatic rings. The van der Waals surface area contributed by atoms with Crippen molar-refractivity contribution < 1.29 is 24.1 Å². The summed E-state index contributed by atoms with van der Waals surface area (Å²) in [4.78, 5) is 13.6. The predicted molar refractivity (Wildman–Crippen MR) is 97.8 cm³/mol. The number of benzene rings is 2. The second-order valence-electron chi connectivity index (χ2n) is 5.51. The topological polar surface area (TPSA) is 93.8 Å². The van der Waals surface area contributed by atoms with Crippen molar-refractivity contribution in [2.24, 2.45) is 0 Å². The van der Waals surface area contributed by atoms with Gasteiger partial charge < -0.3 is 19.8 Å². The number of phenols is 1. The largest absolute Gasteiger partial charge is 0.506 e. The number of carbonyl (C=O) groups is 1. The number of phenolic OH excluding ortho intramolecular Hbond substituents is 1. The highest BCUT2D eigenvalue weighted by Gasteiger charge is 2.23. The number of nitrogens with zero attached hydrogens (tertiary/aromatic N) is 2. The molecule has 8 heteroatoms. The summed E-state index contributed by atoms with van der Waals surface area (Å²) in [5.74, 6) is -2.60. The van der Waals surface area contributed by atoms with Crippen LogP contribution >= 0.6 is 11.6 Å². The molecule has 0 heterocycles. The molecule has 0 aliphatic carbocycles. The Morgan fingerprint density at radius 3 is 2.63 bits per heavy atom. The zero-order valence-electron chi connectivity index (χ0n) is 14.3. The summed E-state index contributed by atoms with van der Waals surface area (Å²) in [6, 6.07) is 12.1. The van der Waals surface area contributed by atoms with E-state index in [0.29, 0.717) is 11.8 Å². The Labute approximate surface area is 160 Å². The minimum Gasteiger partial charge on any atom is -0.506 e. The number of aromatic hydroxyl groups is 1. The van der Waals surface area contributed by atoms with Crippen LogP contribution in [0, 0.1) is 17.1 Å². The first kappa shape index (κ1) is 20.1. The van der Waals surface area contributed by atoms with E-state index >= 15 is 0 Å². The molecule has 2 aromatic carbocycles. The molecule has 2 rings (SSSR count). The van der Waals surface area contributed by atoms with E-state index in [-0.39, 0.29) is 18.2 Å². The molecule has 0 spiro atoms. The average Bonchev–Trinajstić information content (AvgIpc) is 2.65. The number of hydrogen-bond donors (Lipinski definition) is 2. The van der Waals surface area contributed by atoms with Crippen LogP contribution in [0.2, 0.25) is 5.02 Å². The lowest BCUT2D eigenvalue weighted by molar-refractivity contribution is -0.125. The van der Waals surface area contributed by atoms with E-state index in [4.69, 9.17) is 16.3 Å². The molecular formula is C19H16ClFN2O4. The van der Waals surface area contributed by atoms with Gasteiger partial charge in [0, 0.05) is 13.1 Å². The van der Waals surface area contributed by atoms with E-state index in [1.807, 2.05) is 6.07 Å². The van der Waals surface area contributed by atoms with Gasteiger partial charge in [-0.2, -0.15) is 5.26 Å². The molecule has 0 aliphatic heterocycles. The van der Waals surface area contributed by atoms with Gasteiger partial charge in [0.25, 0.3) is 5.91 Å². The van der Waals surface area contributed by atoms with Crippen molar-refractivity contribution >= 4 is 23.3 Å². The summed E-state index contributed by atoms with van der Waals surface area (Å²) in [6.07, 6.45) is 0. The van der Waals surface area contributed by atoms with Gasteiger partial charge in [-0.3, -0.25) is 4.79 Å². The first-order chi connectivity index (χ1) is 12.8. The third-order valence-corrected chi connectivity index (χ3v) is 3.94. The number of carbonyl (C=O) groups excluding carboxylic acids is 1. The molecule has 1 amide bonds. The number of para-hydroxylation sites is 1. The SMILES string of the molecule is CN(CCOc1ccccc1)C(=O)/C(C#N)=C(\O)c1cc(Cl)c(O)cc1F. The second-order valence-corrected chi connectivity index (χ2v) is 5.91. The Morgan fingerprint density at radius 1 is 1.33 bits per heavy atom. The van der Waals surface area contributed by atoms with Crippen LogP contribution in [-0.4, -0.2) is 41.2 Å². The number of nitriles is 1. The van der Waals surface area contributed by atoms with Gasteiger partial charge in [0.15, 0.2) is 5.57 Å². The van der Waals surface area contributed by atoms with E-state index in [1.54, 1.807) is 30.3 Å². The lowest BCUT2D eigenvalue weighted by Gasteiger charge is -2.17. The van der Waals surface area contributed by atoms with Crippen LogP contribution in [0.4, 0.5) is 4.39 Å². The average molecular weight is 391 g/mol. The maximum atomic E-state index is 14.0. The molecule has 0 atom stereocenters. The quantitative estimate of drug-likeness (QED) is 0.447. The first-order valence-corrected chi connectivity index (χ1v) is 8.18. The van der Waals surface area contributed by atoms with Crippen LogP contribution in [0.1, 0.15) is 5.56 Å². The monoisotopic (exact) mass is 390 g/mol. The second kappa shape index (κ2) is 8.92. The lowest BCUT2D eigenvalue weighted by atomic mass is 10.1. The van der Waals surface area contributed by atoms with Gasteiger partial charge in [-0.1, -0.05) is 29.8 Å². The van der Waals surface area contributed by atoms with Gasteiger partial charge in [0.2, 0.25) is 0 Å². The third kappa shape index (κ3) is 4.90. The van der Waals surface area contributed by atoms with Gasteiger partial charge in [0.1, 0.15) is 35.8 Å². The van der Waals surface area contributed by atoms with Crippen molar-refractivity contribution in [2.45, 2.75) is 0 Å². The van der Waals surface area contributed by atoms with E-state index in [0.717, 1.165) is 11.0 Å². The van der Waals surface area contributed by atoms with Crippen molar-refractivity contribution in [3.8, 4) is 17.6 Å². The standard InChI is InChI=1S/C19H16ClFN2O4/c1-23(7-8-27-12-5-3-2-4-6-12)19(26)14(11-22)18(25)13-9-15(20)17(24)10-16(13)21/h2-6,9-10,24-25H,7-8H2,1H3/b18-14-. The smallest absolute Gasteiger partial charge is 0.268 e. The van der Waals surface area contributed by atoms with Crippen LogP contribution in [0.3, 0.4) is 0 Å². The molecule has 27 heavy (non-hydrogen) atoms. The molecule has 0 saturated carbocycles. The maximum Gasteiger partial charge on any atom is 0.268 e. The molecule has 0 bridgehead atoms. The molecule has 0 saturated heterocycles. The molecular weight excluding hydrogens is 375 g/mol. The van der Waals surface area contributed by atoms with E-state index in [2.05, 4.69) is 0 Å². The zero-order chi connectivity index (χ0) is 20.0. The fourth-order valence-corrected chi connectivity index (χ4v) is 2.33. The summed E-state index contributed by atoms with van der Waals surface area (Å²) < 4.78 is 19.4. The molecule has 140 valence electrons. The Bertz CT molecular complexity index is 910.